The summed E-state index contributed by atoms with van der Waals surface area (Å²) < 4.78 is 28.2. The number of benzene rings is 2. The Labute approximate surface area is 136 Å². The number of hydrogen-bond acceptors (Lipinski definition) is 4. The zero-order valence-corrected chi connectivity index (χ0v) is 13.8. The lowest BCUT2D eigenvalue weighted by Gasteiger charge is -2.16. The Morgan fingerprint density at radius 2 is 1.70 bits per heavy atom. The minimum atomic E-state index is -3.26. The summed E-state index contributed by atoms with van der Waals surface area (Å²) in [5.41, 5.74) is 1.38. The zero-order valence-electron chi connectivity index (χ0n) is 13.0. The third-order valence-electron chi connectivity index (χ3n) is 3.45. The molecule has 0 spiro atoms. The predicted molar refractivity (Wildman–Crippen MR) is 88.1 cm³/mol. The first-order chi connectivity index (χ1) is 10.9. The van der Waals surface area contributed by atoms with E-state index in [1.54, 1.807) is 7.11 Å². The second kappa shape index (κ2) is 7.39. The summed E-state index contributed by atoms with van der Waals surface area (Å²) in [4.78, 5) is 12.3. The van der Waals surface area contributed by atoms with Gasteiger partial charge in [-0.15, -0.1) is 0 Å². The van der Waals surface area contributed by atoms with Crippen molar-refractivity contribution < 1.29 is 17.9 Å². The minimum Gasteiger partial charge on any atom is -0.375 e. The van der Waals surface area contributed by atoms with Gasteiger partial charge in [0.2, 0.25) is 0 Å². The largest absolute Gasteiger partial charge is 0.375 e. The second-order valence-electron chi connectivity index (χ2n) is 5.14. The SMILES string of the molecule is COC(CNC(=O)c1ccc(S(C)(=O)=O)cc1)c1ccccc1. The van der Waals surface area contributed by atoms with Gasteiger partial charge >= 0.3 is 0 Å². The normalized spacial score (nSPS) is 12.6. The third-order valence-corrected chi connectivity index (χ3v) is 4.58. The maximum Gasteiger partial charge on any atom is 0.251 e. The standard InChI is InChI=1S/C17H19NO4S/c1-22-16(13-6-4-3-5-7-13)12-18-17(19)14-8-10-15(11-9-14)23(2,20)21/h3-11,16H,12H2,1-2H3,(H,18,19). The fraction of sp³-hybridized carbons (Fsp3) is 0.235. The van der Waals surface area contributed by atoms with Crippen molar-refractivity contribution in [1.29, 1.82) is 0 Å². The van der Waals surface area contributed by atoms with Gasteiger partial charge in [-0.2, -0.15) is 0 Å². The topological polar surface area (TPSA) is 72.5 Å². The molecule has 0 fully saturated rings. The van der Waals surface area contributed by atoms with E-state index in [0.717, 1.165) is 11.8 Å². The highest BCUT2D eigenvalue weighted by Gasteiger charge is 2.13. The lowest BCUT2D eigenvalue weighted by molar-refractivity contribution is 0.0828. The number of hydrogen-bond donors (Lipinski definition) is 1. The molecule has 0 aliphatic heterocycles. The highest BCUT2D eigenvalue weighted by molar-refractivity contribution is 7.90. The van der Waals surface area contributed by atoms with Crippen molar-refractivity contribution in [3.05, 3.63) is 65.7 Å². The summed E-state index contributed by atoms with van der Waals surface area (Å²) >= 11 is 0. The smallest absolute Gasteiger partial charge is 0.251 e. The van der Waals surface area contributed by atoms with Gasteiger partial charge in [-0.1, -0.05) is 30.3 Å². The van der Waals surface area contributed by atoms with Crippen LogP contribution in [0.4, 0.5) is 0 Å². The van der Waals surface area contributed by atoms with Crippen molar-refractivity contribution in [1.82, 2.24) is 5.32 Å². The Morgan fingerprint density at radius 1 is 1.09 bits per heavy atom. The maximum atomic E-state index is 12.1. The molecule has 1 amide bonds. The van der Waals surface area contributed by atoms with Crippen molar-refractivity contribution in [3.8, 4) is 0 Å². The van der Waals surface area contributed by atoms with E-state index < -0.39 is 9.84 Å². The van der Waals surface area contributed by atoms with Gasteiger partial charge in [-0.25, -0.2) is 8.42 Å². The molecule has 0 aliphatic rings. The van der Waals surface area contributed by atoms with Crippen LogP contribution < -0.4 is 5.32 Å². The molecule has 1 atom stereocenters. The summed E-state index contributed by atoms with van der Waals surface area (Å²) in [5, 5.41) is 2.79. The van der Waals surface area contributed by atoms with Crippen LogP contribution in [-0.2, 0) is 14.6 Å². The van der Waals surface area contributed by atoms with Gasteiger partial charge in [0.15, 0.2) is 9.84 Å². The predicted octanol–water partition coefficient (Wildman–Crippen LogP) is 2.21. The van der Waals surface area contributed by atoms with Crippen LogP contribution in [0.3, 0.4) is 0 Å². The van der Waals surface area contributed by atoms with Crippen LogP contribution >= 0.6 is 0 Å². The van der Waals surface area contributed by atoms with Crippen LogP contribution in [0.25, 0.3) is 0 Å². The van der Waals surface area contributed by atoms with Crippen LogP contribution in [0.2, 0.25) is 0 Å². The van der Waals surface area contributed by atoms with Crippen LogP contribution in [0, 0.1) is 0 Å². The molecule has 1 unspecified atom stereocenters. The quantitative estimate of drug-likeness (QED) is 0.880. The van der Waals surface area contributed by atoms with Crippen LogP contribution in [-0.4, -0.2) is 34.2 Å². The molecule has 5 nitrogen and oxygen atoms in total. The third kappa shape index (κ3) is 4.64. The van der Waals surface area contributed by atoms with Crippen molar-refractivity contribution in [3.63, 3.8) is 0 Å². The summed E-state index contributed by atoms with van der Waals surface area (Å²) in [6.07, 6.45) is 0.890. The Morgan fingerprint density at radius 3 is 2.22 bits per heavy atom. The first kappa shape index (κ1) is 17.2. The van der Waals surface area contributed by atoms with Gasteiger partial charge in [0.25, 0.3) is 5.91 Å². The molecule has 0 radical (unpaired) electrons. The lowest BCUT2D eigenvalue weighted by Crippen LogP contribution is -2.29. The molecule has 2 aromatic carbocycles. The zero-order chi connectivity index (χ0) is 16.9. The Kier molecular flexibility index (Phi) is 5.52. The van der Waals surface area contributed by atoms with Crippen molar-refractivity contribution in [2.45, 2.75) is 11.0 Å². The van der Waals surface area contributed by atoms with Gasteiger partial charge < -0.3 is 10.1 Å². The molecule has 0 saturated carbocycles. The first-order valence-electron chi connectivity index (χ1n) is 7.08. The van der Waals surface area contributed by atoms with Gasteiger partial charge in [0.1, 0.15) is 0 Å². The number of amides is 1. The Hall–Kier alpha value is -2.18. The van der Waals surface area contributed by atoms with E-state index in [1.165, 1.54) is 24.3 Å². The fourth-order valence-corrected chi connectivity index (χ4v) is 2.78. The van der Waals surface area contributed by atoms with Gasteiger partial charge in [0.05, 0.1) is 11.0 Å². The van der Waals surface area contributed by atoms with Crippen molar-refractivity contribution >= 4 is 15.7 Å². The molecular weight excluding hydrogens is 314 g/mol. The molecular formula is C17H19NO4S. The number of nitrogens with one attached hydrogen (secondary N) is 1. The first-order valence-corrected chi connectivity index (χ1v) is 8.97. The molecule has 0 aliphatic carbocycles. The van der Waals surface area contributed by atoms with E-state index in [1.807, 2.05) is 30.3 Å². The number of carbonyl (C=O) groups is 1. The van der Waals surface area contributed by atoms with E-state index in [9.17, 15) is 13.2 Å². The number of methoxy groups -OCH3 is 1. The summed E-state index contributed by atoms with van der Waals surface area (Å²) in [6, 6.07) is 15.4. The van der Waals surface area contributed by atoms with Crippen molar-refractivity contribution in [2.75, 3.05) is 19.9 Å². The average Bonchev–Trinajstić information content (AvgIpc) is 2.55. The minimum absolute atomic E-state index is 0.188. The van der Waals surface area contributed by atoms with E-state index in [2.05, 4.69) is 5.32 Å². The molecule has 23 heavy (non-hydrogen) atoms. The van der Waals surface area contributed by atoms with Gasteiger partial charge in [-0.05, 0) is 29.8 Å². The fourth-order valence-electron chi connectivity index (χ4n) is 2.15. The summed E-state index contributed by atoms with van der Waals surface area (Å²) in [6.45, 7) is 0.327. The molecule has 122 valence electrons. The number of sulfone groups is 1. The number of ether oxygens (including phenoxy) is 1. The molecule has 1 N–H and O–H groups in total. The molecule has 0 aromatic heterocycles. The Balaban J connectivity index is 2.01. The van der Waals surface area contributed by atoms with Gasteiger partial charge in [0, 0.05) is 25.5 Å². The number of carbonyl (C=O) groups excluding carboxylic acids is 1. The Bertz CT molecular complexity index is 755. The lowest BCUT2D eigenvalue weighted by atomic mass is 10.1. The van der Waals surface area contributed by atoms with Crippen LogP contribution in [0.1, 0.15) is 22.0 Å². The summed E-state index contributed by atoms with van der Waals surface area (Å²) in [7, 11) is -1.67. The molecule has 0 bridgehead atoms. The van der Waals surface area contributed by atoms with Crippen molar-refractivity contribution in [2.24, 2.45) is 0 Å². The second-order valence-corrected chi connectivity index (χ2v) is 7.16. The maximum absolute atomic E-state index is 12.1. The summed E-state index contributed by atoms with van der Waals surface area (Å²) in [5.74, 6) is -0.275. The van der Waals surface area contributed by atoms with E-state index >= 15 is 0 Å². The molecule has 2 rings (SSSR count). The molecule has 0 heterocycles. The molecule has 2 aromatic rings. The molecule has 0 saturated heterocycles. The molecule has 6 heteroatoms. The van der Waals surface area contributed by atoms with E-state index in [0.29, 0.717) is 12.1 Å². The van der Waals surface area contributed by atoms with Crippen LogP contribution in [0.15, 0.2) is 59.5 Å². The average molecular weight is 333 g/mol. The highest BCUT2D eigenvalue weighted by Crippen LogP contribution is 2.15. The van der Waals surface area contributed by atoms with E-state index in [-0.39, 0.29) is 16.9 Å². The van der Waals surface area contributed by atoms with Crippen LogP contribution in [0.5, 0.6) is 0 Å². The monoisotopic (exact) mass is 333 g/mol. The van der Waals surface area contributed by atoms with Gasteiger partial charge in [-0.3, -0.25) is 4.79 Å². The van der Waals surface area contributed by atoms with E-state index in [4.69, 9.17) is 4.74 Å². The highest BCUT2D eigenvalue weighted by atomic mass is 32.2. The number of rotatable bonds is 6.